The van der Waals surface area contributed by atoms with Crippen LogP contribution in [0, 0.1) is 5.82 Å². The van der Waals surface area contributed by atoms with Gasteiger partial charge in [-0.1, -0.05) is 18.2 Å². The van der Waals surface area contributed by atoms with E-state index >= 15 is 0 Å². The first-order valence-electron chi connectivity index (χ1n) is 7.60. The maximum atomic E-state index is 13.9. The van der Waals surface area contributed by atoms with Gasteiger partial charge in [0.2, 0.25) is 15.9 Å². The largest absolute Gasteiger partial charge is 0.355 e. The highest BCUT2D eigenvalue weighted by Gasteiger charge is 2.31. The summed E-state index contributed by atoms with van der Waals surface area (Å²) in [5, 5.41) is 2.75. The molecular formula is C16H25FN2O3S. The summed E-state index contributed by atoms with van der Waals surface area (Å²) in [6, 6.07) is 6.19. The molecule has 1 aromatic carbocycles. The van der Waals surface area contributed by atoms with E-state index in [4.69, 9.17) is 0 Å². The molecule has 1 amide bonds. The minimum atomic E-state index is -3.20. The third-order valence-corrected chi connectivity index (χ3v) is 5.75. The van der Waals surface area contributed by atoms with E-state index in [1.165, 1.54) is 17.4 Å². The summed E-state index contributed by atoms with van der Waals surface area (Å²) in [4.78, 5) is 12.3. The SMILES string of the molecule is CCS(=O)(=O)N(C)CCCNC(=O)C(C)(C)c1ccccc1F. The first kappa shape index (κ1) is 19.6. The van der Waals surface area contributed by atoms with E-state index < -0.39 is 21.3 Å². The highest BCUT2D eigenvalue weighted by atomic mass is 32.2. The molecule has 0 aliphatic heterocycles. The van der Waals surface area contributed by atoms with Crippen LogP contribution in [0.2, 0.25) is 0 Å². The van der Waals surface area contributed by atoms with Crippen molar-refractivity contribution >= 4 is 15.9 Å². The van der Waals surface area contributed by atoms with E-state index in [2.05, 4.69) is 5.32 Å². The first-order valence-corrected chi connectivity index (χ1v) is 9.21. The van der Waals surface area contributed by atoms with Crippen molar-refractivity contribution in [3.8, 4) is 0 Å². The maximum absolute atomic E-state index is 13.9. The van der Waals surface area contributed by atoms with Gasteiger partial charge >= 0.3 is 0 Å². The van der Waals surface area contributed by atoms with Crippen LogP contribution in [0.25, 0.3) is 0 Å². The van der Waals surface area contributed by atoms with Crippen molar-refractivity contribution in [3.63, 3.8) is 0 Å². The Morgan fingerprint density at radius 1 is 1.30 bits per heavy atom. The molecule has 23 heavy (non-hydrogen) atoms. The van der Waals surface area contributed by atoms with Gasteiger partial charge in [0.05, 0.1) is 11.2 Å². The van der Waals surface area contributed by atoms with E-state index in [0.717, 1.165) is 0 Å². The number of carbonyl (C=O) groups excluding carboxylic acids is 1. The van der Waals surface area contributed by atoms with Crippen LogP contribution in [-0.2, 0) is 20.2 Å². The topological polar surface area (TPSA) is 66.5 Å². The molecule has 1 aromatic rings. The summed E-state index contributed by atoms with van der Waals surface area (Å²) in [7, 11) is -1.69. The lowest BCUT2D eigenvalue weighted by Crippen LogP contribution is -2.41. The average molecular weight is 344 g/mol. The molecule has 0 heterocycles. The van der Waals surface area contributed by atoms with Crippen LogP contribution in [0.5, 0.6) is 0 Å². The summed E-state index contributed by atoms with van der Waals surface area (Å²) in [6.45, 7) is 5.57. The van der Waals surface area contributed by atoms with Gasteiger partial charge in [0, 0.05) is 25.7 Å². The minimum absolute atomic E-state index is 0.0518. The van der Waals surface area contributed by atoms with Gasteiger partial charge in [-0.05, 0) is 33.3 Å². The molecule has 0 aliphatic carbocycles. The Balaban J connectivity index is 2.56. The molecule has 0 radical (unpaired) electrons. The fourth-order valence-corrected chi connectivity index (χ4v) is 3.02. The van der Waals surface area contributed by atoms with E-state index in [9.17, 15) is 17.6 Å². The number of rotatable bonds is 8. The molecule has 1 N–H and O–H groups in total. The molecule has 0 atom stereocenters. The lowest BCUT2D eigenvalue weighted by Gasteiger charge is -2.25. The molecule has 0 unspecified atom stereocenters. The molecule has 0 aliphatic rings. The standard InChI is InChI=1S/C16H25FN2O3S/c1-5-23(21,22)19(4)12-8-11-18-15(20)16(2,3)13-9-6-7-10-14(13)17/h6-7,9-10H,5,8,11-12H2,1-4H3,(H,18,20). The summed E-state index contributed by atoms with van der Waals surface area (Å²) < 4.78 is 38.3. The molecule has 5 nitrogen and oxygen atoms in total. The van der Waals surface area contributed by atoms with E-state index in [-0.39, 0.29) is 11.7 Å². The van der Waals surface area contributed by atoms with Crippen LogP contribution in [-0.4, -0.2) is 44.5 Å². The van der Waals surface area contributed by atoms with E-state index in [1.807, 2.05) is 0 Å². The molecule has 0 saturated carbocycles. The normalized spacial score (nSPS) is 12.4. The van der Waals surface area contributed by atoms with Crippen LogP contribution in [0.1, 0.15) is 32.8 Å². The van der Waals surface area contributed by atoms with Crippen molar-refractivity contribution in [2.45, 2.75) is 32.6 Å². The number of amides is 1. The molecular weight excluding hydrogens is 319 g/mol. The predicted molar refractivity (Wildman–Crippen MR) is 89.1 cm³/mol. The van der Waals surface area contributed by atoms with Gasteiger partial charge in [0.25, 0.3) is 0 Å². The number of benzene rings is 1. The van der Waals surface area contributed by atoms with Crippen molar-refractivity contribution in [1.29, 1.82) is 0 Å². The zero-order valence-corrected chi connectivity index (χ0v) is 14.9. The number of carbonyl (C=O) groups is 1. The average Bonchev–Trinajstić information content (AvgIpc) is 2.51. The Morgan fingerprint density at radius 2 is 1.91 bits per heavy atom. The highest BCUT2D eigenvalue weighted by Crippen LogP contribution is 2.25. The molecule has 1 rings (SSSR count). The van der Waals surface area contributed by atoms with Crippen LogP contribution in [0.3, 0.4) is 0 Å². The Labute approximate surface area is 137 Å². The Bertz CT molecular complexity index is 644. The molecule has 0 bridgehead atoms. The van der Waals surface area contributed by atoms with Gasteiger partial charge in [0.1, 0.15) is 5.82 Å². The number of hydrogen-bond acceptors (Lipinski definition) is 3. The van der Waals surface area contributed by atoms with Crippen LogP contribution in [0.15, 0.2) is 24.3 Å². The summed E-state index contributed by atoms with van der Waals surface area (Å²) in [5.74, 6) is -0.652. The van der Waals surface area contributed by atoms with Crippen LogP contribution >= 0.6 is 0 Å². The zero-order chi connectivity index (χ0) is 17.7. The number of nitrogens with zero attached hydrogens (tertiary/aromatic N) is 1. The van der Waals surface area contributed by atoms with Crippen molar-refractivity contribution in [3.05, 3.63) is 35.6 Å². The second kappa shape index (κ2) is 7.88. The number of halogens is 1. The van der Waals surface area contributed by atoms with E-state index in [1.54, 1.807) is 39.0 Å². The van der Waals surface area contributed by atoms with Crippen molar-refractivity contribution in [2.75, 3.05) is 25.9 Å². The first-order chi connectivity index (χ1) is 10.6. The molecule has 0 aromatic heterocycles. The monoisotopic (exact) mass is 344 g/mol. The van der Waals surface area contributed by atoms with Crippen molar-refractivity contribution in [2.24, 2.45) is 0 Å². The second-order valence-electron chi connectivity index (χ2n) is 5.94. The van der Waals surface area contributed by atoms with Gasteiger partial charge in [-0.3, -0.25) is 4.79 Å². The molecule has 7 heteroatoms. The number of hydrogen-bond donors (Lipinski definition) is 1. The predicted octanol–water partition coefficient (Wildman–Crippen LogP) is 1.89. The Hall–Kier alpha value is -1.47. The molecule has 0 spiro atoms. The van der Waals surface area contributed by atoms with Gasteiger partial charge in [-0.2, -0.15) is 0 Å². The number of nitrogens with one attached hydrogen (secondary N) is 1. The minimum Gasteiger partial charge on any atom is -0.355 e. The third-order valence-electron chi connectivity index (χ3n) is 3.89. The van der Waals surface area contributed by atoms with Crippen LogP contribution < -0.4 is 5.32 Å². The van der Waals surface area contributed by atoms with Gasteiger partial charge in [-0.25, -0.2) is 17.1 Å². The zero-order valence-electron chi connectivity index (χ0n) is 14.1. The lowest BCUT2D eigenvalue weighted by atomic mass is 9.83. The molecule has 0 fully saturated rings. The highest BCUT2D eigenvalue weighted by molar-refractivity contribution is 7.89. The quantitative estimate of drug-likeness (QED) is 0.733. The van der Waals surface area contributed by atoms with Gasteiger partial charge in [-0.15, -0.1) is 0 Å². The fraction of sp³-hybridized carbons (Fsp3) is 0.562. The summed E-state index contributed by atoms with van der Waals surface area (Å²) in [5.41, 5.74) is -0.657. The van der Waals surface area contributed by atoms with Crippen LogP contribution in [0.4, 0.5) is 4.39 Å². The smallest absolute Gasteiger partial charge is 0.230 e. The molecule has 0 saturated heterocycles. The number of sulfonamides is 1. The lowest BCUT2D eigenvalue weighted by molar-refractivity contribution is -0.125. The van der Waals surface area contributed by atoms with Crippen molar-refractivity contribution in [1.82, 2.24) is 9.62 Å². The third kappa shape index (κ3) is 5.00. The summed E-state index contributed by atoms with van der Waals surface area (Å²) in [6.07, 6.45) is 0.495. The van der Waals surface area contributed by atoms with Crippen molar-refractivity contribution < 1.29 is 17.6 Å². The van der Waals surface area contributed by atoms with E-state index in [0.29, 0.717) is 25.1 Å². The van der Waals surface area contributed by atoms with Gasteiger partial charge < -0.3 is 5.32 Å². The molecule has 130 valence electrons. The van der Waals surface area contributed by atoms with Gasteiger partial charge in [0.15, 0.2) is 0 Å². The Kier molecular flexibility index (Phi) is 6.70. The Morgan fingerprint density at radius 3 is 2.48 bits per heavy atom. The fourth-order valence-electron chi connectivity index (χ4n) is 2.17. The summed E-state index contributed by atoms with van der Waals surface area (Å²) >= 11 is 0. The second-order valence-corrected chi connectivity index (χ2v) is 8.30. The maximum Gasteiger partial charge on any atom is 0.230 e.